The fourth-order valence-corrected chi connectivity index (χ4v) is 8.72. The third kappa shape index (κ3) is 4.97. The molecule has 268 valence electrons. The molecule has 1 aliphatic rings. The van der Waals surface area contributed by atoms with Crippen LogP contribution in [0.15, 0.2) is 202 Å². The highest BCUT2D eigenvalue weighted by atomic mass is 16.3. The fourth-order valence-electron chi connectivity index (χ4n) is 8.72. The largest absolute Gasteiger partial charge is 0.456 e. The van der Waals surface area contributed by atoms with E-state index in [-0.39, 0.29) is 6.17 Å². The Morgan fingerprint density at radius 2 is 1.00 bits per heavy atom. The zero-order valence-corrected chi connectivity index (χ0v) is 30.7. The Labute approximate surface area is 327 Å². The number of amidine groups is 2. The van der Waals surface area contributed by atoms with Crippen molar-refractivity contribution in [1.29, 1.82) is 0 Å². The van der Waals surface area contributed by atoms with Gasteiger partial charge in [0.05, 0.1) is 22.1 Å². The number of fused-ring (bicyclic) bond motifs is 9. The van der Waals surface area contributed by atoms with Crippen molar-refractivity contribution in [1.82, 2.24) is 14.5 Å². The van der Waals surface area contributed by atoms with E-state index in [9.17, 15) is 0 Å². The van der Waals surface area contributed by atoms with Gasteiger partial charge in [-0.05, 0) is 72.3 Å². The minimum atomic E-state index is -0.257. The Kier molecular flexibility index (Phi) is 6.89. The summed E-state index contributed by atoms with van der Waals surface area (Å²) in [5.74, 6) is 1.50. The summed E-state index contributed by atoms with van der Waals surface area (Å²) >= 11 is 0. The molecule has 0 spiro atoms. The Balaban J connectivity index is 1.06. The first-order valence-electron chi connectivity index (χ1n) is 19.3. The average Bonchev–Trinajstić information content (AvgIpc) is 3.92. The van der Waals surface area contributed by atoms with E-state index >= 15 is 0 Å². The summed E-state index contributed by atoms with van der Waals surface area (Å²) in [5, 5.41) is 10.6. The molecule has 6 nitrogen and oxygen atoms in total. The maximum atomic E-state index is 6.42. The lowest BCUT2D eigenvalue weighted by Crippen LogP contribution is -2.33. The maximum absolute atomic E-state index is 6.42. The summed E-state index contributed by atoms with van der Waals surface area (Å²) in [6.07, 6.45) is -0.257. The lowest BCUT2D eigenvalue weighted by molar-refractivity contribution is 0.669. The molecular weight excluding hydrogens is 699 g/mol. The van der Waals surface area contributed by atoms with Gasteiger partial charge in [-0.15, -0.1) is 0 Å². The van der Waals surface area contributed by atoms with Crippen LogP contribution >= 0.6 is 0 Å². The van der Waals surface area contributed by atoms with Gasteiger partial charge in [-0.3, -0.25) is 0 Å². The second kappa shape index (κ2) is 12.4. The molecular formula is C51H33N5O. The summed E-state index contributed by atoms with van der Waals surface area (Å²) in [7, 11) is 0. The number of benzene rings is 8. The van der Waals surface area contributed by atoms with Crippen molar-refractivity contribution in [2.75, 3.05) is 0 Å². The molecule has 4 heterocycles. The molecule has 6 heteroatoms. The zero-order valence-electron chi connectivity index (χ0n) is 30.7. The van der Waals surface area contributed by atoms with Gasteiger partial charge < -0.3 is 18.9 Å². The van der Waals surface area contributed by atoms with Crippen LogP contribution in [0.4, 0.5) is 0 Å². The van der Waals surface area contributed by atoms with Crippen LogP contribution in [-0.2, 0) is 0 Å². The number of furan rings is 1. The summed E-state index contributed by atoms with van der Waals surface area (Å²) in [6, 6.07) is 66.2. The SMILES string of the molecule is c1ccc(C2=NC(c3ccc(-n4c5ccccc5c5cc6c(cc54)c4cc5c(cc4n6-c4ccccc4)oc4ccccc45)cc3)=NC(c3ccccc3)N2)cc1. The van der Waals surface area contributed by atoms with Crippen LogP contribution in [0.5, 0.6) is 0 Å². The van der Waals surface area contributed by atoms with Crippen molar-refractivity contribution >= 4 is 77.2 Å². The van der Waals surface area contributed by atoms with E-state index in [1.165, 1.54) is 21.5 Å². The van der Waals surface area contributed by atoms with Crippen LogP contribution in [0.1, 0.15) is 22.9 Å². The molecule has 0 radical (unpaired) electrons. The molecule has 1 unspecified atom stereocenters. The third-order valence-electron chi connectivity index (χ3n) is 11.4. The fraction of sp³-hybridized carbons (Fsp3) is 0.0196. The lowest BCUT2D eigenvalue weighted by Gasteiger charge is -2.23. The first-order valence-corrected chi connectivity index (χ1v) is 19.3. The number of nitrogens with zero attached hydrogens (tertiary/aromatic N) is 4. The van der Waals surface area contributed by atoms with Gasteiger partial charge in [0.25, 0.3) is 0 Å². The molecule has 0 amide bonds. The molecule has 0 bridgehead atoms. The van der Waals surface area contributed by atoms with Crippen molar-refractivity contribution in [3.05, 3.63) is 205 Å². The van der Waals surface area contributed by atoms with Gasteiger partial charge in [0.15, 0.2) is 5.84 Å². The van der Waals surface area contributed by atoms with Gasteiger partial charge in [0, 0.05) is 60.9 Å². The predicted octanol–water partition coefficient (Wildman–Crippen LogP) is 12.3. The zero-order chi connectivity index (χ0) is 37.5. The molecule has 0 aliphatic carbocycles. The summed E-state index contributed by atoms with van der Waals surface area (Å²) in [5.41, 5.74) is 11.6. The predicted molar refractivity (Wildman–Crippen MR) is 234 cm³/mol. The Morgan fingerprint density at radius 1 is 0.421 bits per heavy atom. The molecule has 0 saturated heterocycles. The molecule has 11 aromatic rings. The number of para-hydroxylation sites is 3. The van der Waals surface area contributed by atoms with Gasteiger partial charge in [0.2, 0.25) is 0 Å². The topological polar surface area (TPSA) is 59.8 Å². The second-order valence-electron chi connectivity index (χ2n) is 14.7. The number of rotatable bonds is 5. The molecule has 0 saturated carbocycles. The van der Waals surface area contributed by atoms with Crippen molar-refractivity contribution in [3.8, 4) is 11.4 Å². The van der Waals surface area contributed by atoms with Gasteiger partial charge in [-0.25, -0.2) is 9.98 Å². The van der Waals surface area contributed by atoms with E-state index in [2.05, 4.69) is 154 Å². The van der Waals surface area contributed by atoms with Crippen LogP contribution in [0, 0.1) is 0 Å². The van der Waals surface area contributed by atoms with E-state index in [0.29, 0.717) is 5.84 Å². The second-order valence-corrected chi connectivity index (χ2v) is 14.7. The Bertz CT molecular complexity index is 3410. The molecule has 8 aromatic carbocycles. The minimum Gasteiger partial charge on any atom is -0.456 e. The highest BCUT2D eigenvalue weighted by Gasteiger charge is 2.23. The number of nitrogens with one attached hydrogen (secondary N) is 1. The van der Waals surface area contributed by atoms with Gasteiger partial charge in [0.1, 0.15) is 23.2 Å². The molecule has 3 aromatic heterocycles. The molecule has 1 aliphatic heterocycles. The Hall–Kier alpha value is -7.70. The van der Waals surface area contributed by atoms with Crippen molar-refractivity contribution in [2.45, 2.75) is 6.17 Å². The molecule has 12 rings (SSSR count). The van der Waals surface area contributed by atoms with Crippen molar-refractivity contribution < 1.29 is 4.42 Å². The Morgan fingerprint density at radius 3 is 1.77 bits per heavy atom. The van der Waals surface area contributed by atoms with Crippen LogP contribution in [-0.4, -0.2) is 20.8 Å². The van der Waals surface area contributed by atoms with E-state index < -0.39 is 0 Å². The maximum Gasteiger partial charge on any atom is 0.159 e. The van der Waals surface area contributed by atoms with E-state index in [0.717, 1.165) is 77.9 Å². The normalized spacial score (nSPS) is 14.5. The van der Waals surface area contributed by atoms with Crippen molar-refractivity contribution in [3.63, 3.8) is 0 Å². The lowest BCUT2D eigenvalue weighted by atomic mass is 10.1. The monoisotopic (exact) mass is 731 g/mol. The summed E-state index contributed by atoms with van der Waals surface area (Å²) < 4.78 is 11.2. The van der Waals surface area contributed by atoms with E-state index in [1.54, 1.807) is 0 Å². The first-order chi connectivity index (χ1) is 28.2. The van der Waals surface area contributed by atoms with Gasteiger partial charge >= 0.3 is 0 Å². The van der Waals surface area contributed by atoms with Crippen LogP contribution in [0.25, 0.3) is 76.9 Å². The first kappa shape index (κ1) is 31.6. The van der Waals surface area contributed by atoms with Gasteiger partial charge in [-0.1, -0.05) is 115 Å². The number of aromatic nitrogens is 2. The average molecular weight is 732 g/mol. The molecule has 57 heavy (non-hydrogen) atoms. The molecule has 0 fully saturated rings. The highest BCUT2D eigenvalue weighted by molar-refractivity contribution is 6.22. The van der Waals surface area contributed by atoms with Crippen molar-refractivity contribution in [2.24, 2.45) is 9.98 Å². The molecule has 1 N–H and O–H groups in total. The minimum absolute atomic E-state index is 0.257. The van der Waals surface area contributed by atoms with Gasteiger partial charge in [-0.2, -0.15) is 0 Å². The smallest absolute Gasteiger partial charge is 0.159 e. The summed E-state index contributed by atoms with van der Waals surface area (Å²) in [4.78, 5) is 10.2. The highest BCUT2D eigenvalue weighted by Crippen LogP contribution is 2.42. The quantitative estimate of drug-likeness (QED) is 0.192. The number of hydrogen-bond acceptors (Lipinski definition) is 4. The number of aliphatic imine (C=N–C) groups is 2. The van der Waals surface area contributed by atoms with Crippen LogP contribution < -0.4 is 5.32 Å². The molecule has 1 atom stereocenters. The third-order valence-corrected chi connectivity index (χ3v) is 11.4. The van der Waals surface area contributed by atoms with E-state index in [1.807, 2.05) is 48.5 Å². The van der Waals surface area contributed by atoms with Crippen LogP contribution in [0.2, 0.25) is 0 Å². The standard InChI is InChI=1S/C51H33N5O/c1-4-14-32(15-5-1)49-52-50(33-16-6-2-7-17-33)54-51(53-49)34-24-26-36(27-25-34)55-43-22-12-10-20-37(43)40-29-45-41(30-44(40)55)39-28-42-38-21-11-13-23-47(38)57-48(42)31-46(39)56(45)35-18-8-3-9-19-35/h1-31,49H,(H,52,53,54). The summed E-state index contributed by atoms with van der Waals surface area (Å²) in [6.45, 7) is 0. The van der Waals surface area contributed by atoms with E-state index in [4.69, 9.17) is 14.4 Å². The van der Waals surface area contributed by atoms with Crippen LogP contribution in [0.3, 0.4) is 0 Å². The number of hydrogen-bond donors (Lipinski definition) is 1.